The highest BCUT2D eigenvalue weighted by Gasteiger charge is 2.17. The Morgan fingerprint density at radius 1 is 1.50 bits per heavy atom. The van der Waals surface area contributed by atoms with Crippen LogP contribution in [0.5, 0.6) is 0 Å². The van der Waals surface area contributed by atoms with Crippen molar-refractivity contribution in [2.75, 3.05) is 10.7 Å². The zero-order valence-electron chi connectivity index (χ0n) is 10.4. The minimum Gasteiger partial charge on any atom is -0.323 e. The molecule has 0 saturated heterocycles. The molecular formula is C11H11N5O3S. The number of nitro benzene ring substituents is 1. The summed E-state index contributed by atoms with van der Waals surface area (Å²) in [6.07, 6.45) is 1.62. The second-order valence-electron chi connectivity index (χ2n) is 3.86. The van der Waals surface area contributed by atoms with Gasteiger partial charge in [0.15, 0.2) is 5.13 Å². The molecule has 2 rings (SSSR count). The third-order valence-electron chi connectivity index (χ3n) is 2.46. The number of nitrogen functional groups attached to an aromatic ring is 1. The molecule has 9 heteroatoms. The van der Waals surface area contributed by atoms with Crippen molar-refractivity contribution in [2.24, 2.45) is 5.84 Å². The van der Waals surface area contributed by atoms with Gasteiger partial charge in [-0.15, -0.1) is 11.3 Å². The van der Waals surface area contributed by atoms with Gasteiger partial charge >= 0.3 is 0 Å². The molecule has 8 nitrogen and oxygen atoms in total. The quantitative estimate of drug-likeness (QED) is 0.449. The number of hydrogen-bond donors (Lipinski definition) is 3. The Morgan fingerprint density at radius 2 is 2.25 bits per heavy atom. The van der Waals surface area contributed by atoms with Crippen LogP contribution in [-0.2, 0) is 0 Å². The summed E-state index contributed by atoms with van der Waals surface area (Å²) in [5.74, 6) is 4.78. The summed E-state index contributed by atoms with van der Waals surface area (Å²) in [6, 6.07) is 3.80. The molecule has 0 fully saturated rings. The van der Waals surface area contributed by atoms with Crippen LogP contribution in [0.1, 0.15) is 15.2 Å². The first kappa shape index (κ1) is 13.9. The lowest BCUT2D eigenvalue weighted by Crippen LogP contribution is -2.17. The number of hydrogen-bond acceptors (Lipinski definition) is 7. The van der Waals surface area contributed by atoms with Crippen LogP contribution in [0.2, 0.25) is 0 Å². The number of benzene rings is 1. The lowest BCUT2D eigenvalue weighted by molar-refractivity contribution is -0.384. The van der Waals surface area contributed by atoms with Crippen LogP contribution >= 0.6 is 11.3 Å². The van der Waals surface area contributed by atoms with Crippen molar-refractivity contribution in [1.82, 2.24) is 4.98 Å². The van der Waals surface area contributed by atoms with E-state index in [1.807, 2.05) is 6.92 Å². The van der Waals surface area contributed by atoms with Crippen LogP contribution in [-0.4, -0.2) is 15.8 Å². The number of nitro groups is 1. The predicted octanol–water partition coefficient (Wildman–Crippen LogP) is 1.90. The van der Waals surface area contributed by atoms with Crippen molar-refractivity contribution < 1.29 is 9.72 Å². The summed E-state index contributed by atoms with van der Waals surface area (Å²) in [5.41, 5.74) is 2.51. The third-order valence-corrected chi connectivity index (χ3v) is 3.28. The average Bonchev–Trinajstić information content (AvgIpc) is 2.83. The zero-order valence-corrected chi connectivity index (χ0v) is 11.2. The van der Waals surface area contributed by atoms with E-state index in [0.717, 1.165) is 10.9 Å². The molecule has 1 heterocycles. The lowest BCUT2D eigenvalue weighted by Gasteiger charge is -2.07. The smallest absolute Gasteiger partial charge is 0.270 e. The Labute approximate surface area is 117 Å². The maximum atomic E-state index is 12.1. The summed E-state index contributed by atoms with van der Waals surface area (Å²) in [4.78, 5) is 27.2. The first-order chi connectivity index (χ1) is 9.51. The first-order valence-electron chi connectivity index (χ1n) is 5.50. The zero-order chi connectivity index (χ0) is 14.7. The molecule has 0 radical (unpaired) electrons. The molecule has 0 bridgehead atoms. The van der Waals surface area contributed by atoms with Gasteiger partial charge in [-0.05, 0) is 13.0 Å². The Balaban J connectivity index is 2.32. The number of carbonyl (C=O) groups is 1. The van der Waals surface area contributed by atoms with Crippen LogP contribution in [0.15, 0.2) is 24.4 Å². The second kappa shape index (κ2) is 5.63. The van der Waals surface area contributed by atoms with Gasteiger partial charge in [0, 0.05) is 23.2 Å². The molecule has 2 aromatic rings. The number of carbonyl (C=O) groups excluding carboxylic acids is 1. The second-order valence-corrected chi connectivity index (χ2v) is 5.10. The van der Waals surface area contributed by atoms with Crippen molar-refractivity contribution in [3.8, 4) is 0 Å². The molecule has 1 aromatic heterocycles. The summed E-state index contributed by atoms with van der Waals surface area (Å²) in [6.45, 7) is 1.85. The Bertz CT molecular complexity index is 670. The molecule has 0 aliphatic rings. The number of rotatable bonds is 4. The topological polar surface area (TPSA) is 123 Å². The van der Waals surface area contributed by atoms with Gasteiger partial charge in [0.1, 0.15) is 0 Å². The number of amides is 1. The first-order valence-corrected chi connectivity index (χ1v) is 6.31. The molecule has 0 aliphatic carbocycles. The van der Waals surface area contributed by atoms with Crippen molar-refractivity contribution in [3.63, 3.8) is 0 Å². The van der Waals surface area contributed by atoms with E-state index >= 15 is 0 Å². The van der Waals surface area contributed by atoms with Gasteiger partial charge in [-0.2, -0.15) is 0 Å². The van der Waals surface area contributed by atoms with E-state index < -0.39 is 10.8 Å². The lowest BCUT2D eigenvalue weighted by atomic mass is 10.1. The van der Waals surface area contributed by atoms with Crippen molar-refractivity contribution in [2.45, 2.75) is 6.92 Å². The number of non-ortho nitro benzene ring substituents is 1. The van der Waals surface area contributed by atoms with E-state index in [2.05, 4.69) is 15.7 Å². The number of nitrogens with one attached hydrogen (secondary N) is 2. The van der Waals surface area contributed by atoms with Crippen LogP contribution in [0.4, 0.5) is 16.5 Å². The molecule has 0 spiro atoms. The summed E-state index contributed by atoms with van der Waals surface area (Å²) in [7, 11) is 0. The molecule has 4 N–H and O–H groups in total. The third kappa shape index (κ3) is 2.90. The fourth-order valence-electron chi connectivity index (χ4n) is 1.54. The van der Waals surface area contributed by atoms with Crippen molar-refractivity contribution >= 4 is 33.8 Å². The maximum Gasteiger partial charge on any atom is 0.270 e. The number of aromatic nitrogens is 1. The van der Waals surface area contributed by atoms with E-state index in [-0.39, 0.29) is 11.3 Å². The molecule has 0 atom stereocenters. The van der Waals surface area contributed by atoms with E-state index in [1.165, 1.54) is 23.5 Å². The van der Waals surface area contributed by atoms with Gasteiger partial charge in [-0.1, -0.05) is 0 Å². The fraction of sp³-hybridized carbons (Fsp3) is 0.0909. The number of hydrazine groups is 1. The largest absolute Gasteiger partial charge is 0.323 e. The van der Waals surface area contributed by atoms with Gasteiger partial charge < -0.3 is 5.43 Å². The number of anilines is 2. The number of nitrogens with two attached hydrogens (primary N) is 1. The fourth-order valence-corrected chi connectivity index (χ4v) is 2.20. The van der Waals surface area contributed by atoms with Gasteiger partial charge in [-0.25, -0.2) is 4.98 Å². The van der Waals surface area contributed by atoms with Crippen LogP contribution in [0, 0.1) is 17.0 Å². The number of aryl methyl sites for hydroxylation is 1. The average molecular weight is 293 g/mol. The minimum atomic E-state index is -0.579. The number of nitrogens with zero attached hydrogens (tertiary/aromatic N) is 2. The molecular weight excluding hydrogens is 282 g/mol. The predicted molar refractivity (Wildman–Crippen MR) is 75.7 cm³/mol. The Kier molecular flexibility index (Phi) is 3.91. The van der Waals surface area contributed by atoms with E-state index in [0.29, 0.717) is 10.8 Å². The molecule has 0 unspecified atom stereocenters. The molecule has 20 heavy (non-hydrogen) atoms. The van der Waals surface area contributed by atoms with Gasteiger partial charge in [0.25, 0.3) is 11.6 Å². The highest BCUT2D eigenvalue weighted by Crippen LogP contribution is 2.24. The highest BCUT2D eigenvalue weighted by molar-refractivity contribution is 7.15. The summed E-state index contributed by atoms with van der Waals surface area (Å²) < 4.78 is 0. The van der Waals surface area contributed by atoms with E-state index in [9.17, 15) is 14.9 Å². The van der Waals surface area contributed by atoms with Crippen LogP contribution in [0.25, 0.3) is 0 Å². The Hall–Kier alpha value is -2.52. The molecule has 1 aromatic carbocycles. The van der Waals surface area contributed by atoms with Crippen molar-refractivity contribution in [1.29, 1.82) is 0 Å². The monoisotopic (exact) mass is 293 g/mol. The van der Waals surface area contributed by atoms with E-state index in [4.69, 9.17) is 5.84 Å². The SMILES string of the molecule is Cc1cnc(NC(=O)c2cc([N+](=O)[O-])ccc2NN)s1. The number of thiazole rings is 1. The normalized spacial score (nSPS) is 10.1. The highest BCUT2D eigenvalue weighted by atomic mass is 32.1. The molecule has 1 amide bonds. The maximum absolute atomic E-state index is 12.1. The van der Waals surface area contributed by atoms with Gasteiger partial charge in [-0.3, -0.25) is 26.1 Å². The van der Waals surface area contributed by atoms with Crippen LogP contribution < -0.4 is 16.6 Å². The molecule has 104 valence electrons. The Morgan fingerprint density at radius 3 is 2.80 bits per heavy atom. The summed E-state index contributed by atoms with van der Waals surface area (Å²) >= 11 is 1.31. The standard InChI is InChI=1S/C11H11N5O3S/c1-6-5-13-11(20-6)14-10(17)8-4-7(16(18)19)2-3-9(8)15-12/h2-5,15H,12H2,1H3,(H,13,14,17). The minimum absolute atomic E-state index is 0.0783. The van der Waals surface area contributed by atoms with Gasteiger partial charge in [0.05, 0.1) is 16.2 Å². The van der Waals surface area contributed by atoms with Crippen LogP contribution in [0.3, 0.4) is 0 Å². The molecule has 0 saturated carbocycles. The molecule has 0 aliphatic heterocycles. The van der Waals surface area contributed by atoms with Crippen molar-refractivity contribution in [3.05, 3.63) is 45.0 Å². The van der Waals surface area contributed by atoms with E-state index in [1.54, 1.807) is 6.20 Å². The summed E-state index contributed by atoms with van der Waals surface area (Å²) in [5, 5.41) is 13.7. The van der Waals surface area contributed by atoms with Gasteiger partial charge in [0.2, 0.25) is 0 Å².